The third-order valence-electron chi connectivity index (χ3n) is 11.1. The molecule has 2 heterocycles. The minimum absolute atomic E-state index is 0.210. The molecule has 1 spiro atoms. The van der Waals surface area contributed by atoms with Gasteiger partial charge < -0.3 is 0 Å². The number of hydrogen-bond acceptors (Lipinski definition) is 4. The fourth-order valence-electron chi connectivity index (χ4n) is 8.78. The number of fused-ring (bicyclic) bond motifs is 9. The molecule has 0 aliphatic heterocycles. The second-order valence-electron chi connectivity index (χ2n) is 14.2. The van der Waals surface area contributed by atoms with Crippen LogP contribution in [0.25, 0.3) is 56.5 Å². The lowest BCUT2D eigenvalue weighted by molar-refractivity contribution is 0.563. The fourth-order valence-corrected chi connectivity index (χ4v) is 8.78. The predicted molar refractivity (Wildman–Crippen MR) is 209 cm³/mol. The normalized spacial score (nSPS) is 14.3. The Kier molecular flexibility index (Phi) is 6.71. The van der Waals surface area contributed by atoms with Crippen molar-refractivity contribution >= 4 is 0 Å². The minimum atomic E-state index is -0.473. The summed E-state index contributed by atoms with van der Waals surface area (Å²) in [6, 6.07) is 58.5. The third-order valence-corrected chi connectivity index (χ3v) is 11.1. The van der Waals surface area contributed by atoms with E-state index in [2.05, 4.69) is 134 Å². The van der Waals surface area contributed by atoms with Crippen LogP contribution in [0.4, 0.5) is 0 Å². The first-order valence-corrected chi connectivity index (χ1v) is 17.8. The maximum absolute atomic E-state index is 5.11. The van der Waals surface area contributed by atoms with E-state index in [1.54, 1.807) is 6.20 Å². The largest absolute Gasteiger partial charge is 0.253 e. The Morgan fingerprint density at radius 1 is 0.365 bits per heavy atom. The lowest BCUT2D eigenvalue weighted by Crippen LogP contribution is -2.40. The van der Waals surface area contributed by atoms with E-state index in [-0.39, 0.29) is 5.41 Å². The molecule has 10 rings (SSSR count). The van der Waals surface area contributed by atoms with E-state index < -0.39 is 5.41 Å². The molecule has 4 heteroatoms. The Morgan fingerprint density at radius 2 is 0.904 bits per heavy atom. The smallest absolute Gasteiger partial charge is 0.182 e. The highest BCUT2D eigenvalue weighted by atomic mass is 15.0. The summed E-state index contributed by atoms with van der Waals surface area (Å²) in [6.07, 6.45) is 1.77. The van der Waals surface area contributed by atoms with Crippen molar-refractivity contribution < 1.29 is 0 Å². The highest BCUT2D eigenvalue weighted by Crippen LogP contribution is 2.62. The molecule has 0 radical (unpaired) electrons. The number of rotatable bonds is 4. The minimum Gasteiger partial charge on any atom is -0.253 e. The Morgan fingerprint density at radius 3 is 1.60 bits per heavy atom. The molecule has 4 nitrogen and oxygen atoms in total. The quantitative estimate of drug-likeness (QED) is 0.188. The van der Waals surface area contributed by atoms with Gasteiger partial charge in [-0.25, -0.2) is 15.0 Å². The van der Waals surface area contributed by atoms with Crippen LogP contribution in [0, 0.1) is 0 Å². The van der Waals surface area contributed by atoms with Crippen molar-refractivity contribution in [1.29, 1.82) is 0 Å². The molecule has 0 saturated heterocycles. The summed E-state index contributed by atoms with van der Waals surface area (Å²) in [5.41, 5.74) is 14.7. The highest BCUT2D eigenvalue weighted by molar-refractivity contribution is 5.90. The van der Waals surface area contributed by atoms with Crippen molar-refractivity contribution in [3.05, 3.63) is 203 Å². The summed E-state index contributed by atoms with van der Waals surface area (Å²) >= 11 is 0. The Labute approximate surface area is 303 Å². The second-order valence-corrected chi connectivity index (χ2v) is 14.2. The van der Waals surface area contributed by atoms with Gasteiger partial charge in [-0.2, -0.15) is 0 Å². The van der Waals surface area contributed by atoms with Crippen LogP contribution >= 0.6 is 0 Å². The lowest BCUT2D eigenvalue weighted by Gasteiger charge is -2.47. The molecule has 2 aromatic heterocycles. The van der Waals surface area contributed by atoms with Gasteiger partial charge >= 0.3 is 0 Å². The zero-order valence-electron chi connectivity index (χ0n) is 29.0. The molecule has 0 fully saturated rings. The Bertz CT molecular complexity index is 2560. The zero-order chi connectivity index (χ0) is 34.9. The summed E-state index contributed by atoms with van der Waals surface area (Å²) in [4.78, 5) is 19.7. The van der Waals surface area contributed by atoms with Crippen LogP contribution < -0.4 is 0 Å². The van der Waals surface area contributed by atoms with Gasteiger partial charge in [-0.1, -0.05) is 159 Å². The average molecular weight is 667 g/mol. The molecule has 0 amide bonds. The SMILES string of the molecule is CC1(C)c2ccccc2C2(c3ccccc3-c3ccccc32)c2cc(-c3ccccc3-c3nc(-c4ccccc4)nc(-c4ccccn4)n3)ccc21. The molecule has 52 heavy (non-hydrogen) atoms. The van der Waals surface area contributed by atoms with Gasteiger partial charge in [-0.05, 0) is 73.8 Å². The monoisotopic (exact) mass is 666 g/mol. The number of nitrogens with zero attached hydrogens (tertiary/aromatic N) is 4. The summed E-state index contributed by atoms with van der Waals surface area (Å²) < 4.78 is 0. The molecular formula is C48H34N4. The molecule has 8 aromatic rings. The number of hydrogen-bond donors (Lipinski definition) is 0. The average Bonchev–Trinajstić information content (AvgIpc) is 3.51. The Hall–Kier alpha value is -6.52. The van der Waals surface area contributed by atoms with Gasteiger partial charge in [0.25, 0.3) is 0 Å². The van der Waals surface area contributed by atoms with Crippen molar-refractivity contribution in [3.8, 4) is 56.5 Å². The van der Waals surface area contributed by atoms with Crippen molar-refractivity contribution in [2.75, 3.05) is 0 Å². The van der Waals surface area contributed by atoms with Gasteiger partial charge in [-0.15, -0.1) is 0 Å². The molecular weight excluding hydrogens is 633 g/mol. The summed E-state index contributed by atoms with van der Waals surface area (Å²) in [5, 5.41) is 0. The molecule has 0 atom stereocenters. The first-order chi connectivity index (χ1) is 25.5. The van der Waals surface area contributed by atoms with Gasteiger partial charge in [-0.3, -0.25) is 4.98 Å². The van der Waals surface area contributed by atoms with Crippen molar-refractivity contribution in [2.24, 2.45) is 0 Å². The second kappa shape index (κ2) is 11.5. The maximum atomic E-state index is 5.11. The van der Waals surface area contributed by atoms with Crippen LogP contribution in [-0.4, -0.2) is 19.9 Å². The fraction of sp³-hybridized carbons (Fsp3) is 0.0833. The first-order valence-electron chi connectivity index (χ1n) is 17.8. The standard InChI is InChI=1S/C48H34N4/c1-47(2)39-24-12-13-25-41(39)48(37-22-10-8-19-34(37)35-20-9-11-23-38(35)48)42-30-32(27-28-40(42)47)33-18-6-7-21-36(33)45-50-44(31-16-4-3-5-17-31)51-46(52-45)43-26-14-15-29-49-43/h3-30H,1-2H3. The Balaban J connectivity index is 1.24. The van der Waals surface area contributed by atoms with E-state index in [9.17, 15) is 0 Å². The molecule has 0 N–H and O–H groups in total. The molecule has 0 bridgehead atoms. The van der Waals surface area contributed by atoms with Gasteiger partial charge in [0.05, 0.1) is 5.41 Å². The molecule has 2 aliphatic rings. The summed E-state index contributed by atoms with van der Waals surface area (Å²) in [7, 11) is 0. The summed E-state index contributed by atoms with van der Waals surface area (Å²) in [6.45, 7) is 4.74. The highest BCUT2D eigenvalue weighted by Gasteiger charge is 2.53. The zero-order valence-corrected chi connectivity index (χ0v) is 29.0. The molecule has 0 saturated carbocycles. The maximum Gasteiger partial charge on any atom is 0.182 e. The van der Waals surface area contributed by atoms with Crippen molar-refractivity contribution in [2.45, 2.75) is 24.7 Å². The van der Waals surface area contributed by atoms with Crippen molar-refractivity contribution in [3.63, 3.8) is 0 Å². The number of pyridine rings is 1. The van der Waals surface area contributed by atoms with Crippen LogP contribution in [0.15, 0.2) is 170 Å². The lowest BCUT2D eigenvalue weighted by atomic mass is 9.55. The van der Waals surface area contributed by atoms with Gasteiger partial charge in [0.1, 0.15) is 5.69 Å². The van der Waals surface area contributed by atoms with Crippen LogP contribution in [0.1, 0.15) is 47.2 Å². The number of aromatic nitrogens is 4. The van der Waals surface area contributed by atoms with Gasteiger partial charge in [0.15, 0.2) is 17.5 Å². The topological polar surface area (TPSA) is 51.6 Å². The van der Waals surface area contributed by atoms with Gasteiger partial charge in [0, 0.05) is 22.7 Å². The molecule has 6 aromatic carbocycles. The van der Waals surface area contributed by atoms with E-state index >= 15 is 0 Å². The number of benzene rings is 6. The molecule has 2 aliphatic carbocycles. The molecule has 0 unspecified atom stereocenters. The van der Waals surface area contributed by atoms with E-state index in [1.807, 2.05) is 48.5 Å². The van der Waals surface area contributed by atoms with Crippen LogP contribution in [-0.2, 0) is 10.8 Å². The van der Waals surface area contributed by atoms with Crippen LogP contribution in [0.3, 0.4) is 0 Å². The van der Waals surface area contributed by atoms with E-state index in [0.717, 1.165) is 22.3 Å². The van der Waals surface area contributed by atoms with Gasteiger partial charge in [0.2, 0.25) is 0 Å². The molecule has 246 valence electrons. The predicted octanol–water partition coefficient (Wildman–Crippen LogP) is 10.9. The van der Waals surface area contributed by atoms with Crippen LogP contribution in [0.5, 0.6) is 0 Å². The van der Waals surface area contributed by atoms with E-state index in [1.165, 1.54) is 44.5 Å². The summed E-state index contributed by atoms with van der Waals surface area (Å²) in [5.74, 6) is 1.77. The van der Waals surface area contributed by atoms with E-state index in [0.29, 0.717) is 23.2 Å². The van der Waals surface area contributed by atoms with Crippen molar-refractivity contribution in [1.82, 2.24) is 19.9 Å². The third kappa shape index (κ3) is 4.34. The first kappa shape index (κ1) is 30.3. The van der Waals surface area contributed by atoms with E-state index in [4.69, 9.17) is 15.0 Å². The van der Waals surface area contributed by atoms with Crippen LogP contribution in [0.2, 0.25) is 0 Å².